The second-order valence-electron chi connectivity index (χ2n) is 3.80. The van der Waals surface area contributed by atoms with Crippen LogP contribution in [-0.2, 0) is 0 Å². The van der Waals surface area contributed by atoms with Crippen molar-refractivity contribution < 1.29 is 0 Å². The molecule has 1 aromatic rings. The molecule has 0 radical (unpaired) electrons. The number of benzene rings is 1. The van der Waals surface area contributed by atoms with Crippen LogP contribution in [-0.4, -0.2) is 19.1 Å². The highest BCUT2D eigenvalue weighted by molar-refractivity contribution is 5.62. The van der Waals surface area contributed by atoms with Crippen LogP contribution in [0.3, 0.4) is 0 Å². The van der Waals surface area contributed by atoms with Gasteiger partial charge >= 0.3 is 0 Å². The molecule has 3 nitrogen and oxygen atoms in total. The third kappa shape index (κ3) is 1.45. The molecule has 0 aliphatic carbocycles. The molecular weight excluding hydrogens is 174 g/mol. The van der Waals surface area contributed by atoms with Crippen LogP contribution in [0.1, 0.15) is 11.1 Å². The molecule has 0 spiro atoms. The highest BCUT2D eigenvalue weighted by Crippen LogP contribution is 2.24. The minimum absolute atomic E-state index is 0.267. The minimum atomic E-state index is 0.267. The van der Waals surface area contributed by atoms with E-state index in [1.54, 1.807) is 0 Å². The van der Waals surface area contributed by atoms with Gasteiger partial charge in [0, 0.05) is 19.1 Å². The summed E-state index contributed by atoms with van der Waals surface area (Å²) in [5.74, 6) is 0. The molecule has 1 aliphatic rings. The number of hydrogen-bond acceptors (Lipinski definition) is 3. The van der Waals surface area contributed by atoms with Gasteiger partial charge in [-0.1, -0.05) is 6.07 Å². The Morgan fingerprint density at radius 1 is 1.50 bits per heavy atom. The number of nitriles is 1. The zero-order valence-electron chi connectivity index (χ0n) is 8.20. The first-order chi connectivity index (χ1) is 6.70. The van der Waals surface area contributed by atoms with E-state index in [9.17, 15) is 0 Å². The van der Waals surface area contributed by atoms with Gasteiger partial charge in [0.1, 0.15) is 6.07 Å². The quantitative estimate of drug-likeness (QED) is 0.714. The smallest absolute Gasteiger partial charge is 0.101 e. The van der Waals surface area contributed by atoms with Crippen molar-refractivity contribution >= 4 is 5.69 Å². The molecule has 1 heterocycles. The average molecular weight is 187 g/mol. The third-order valence-electron chi connectivity index (χ3n) is 2.52. The number of aryl methyl sites for hydroxylation is 1. The molecule has 0 unspecified atom stereocenters. The second kappa shape index (κ2) is 3.32. The van der Waals surface area contributed by atoms with Crippen LogP contribution in [0.15, 0.2) is 18.2 Å². The minimum Gasteiger partial charge on any atom is -0.367 e. The first kappa shape index (κ1) is 9.04. The molecule has 1 saturated heterocycles. The molecule has 72 valence electrons. The van der Waals surface area contributed by atoms with Gasteiger partial charge in [0.25, 0.3) is 0 Å². The molecule has 1 aliphatic heterocycles. The largest absolute Gasteiger partial charge is 0.367 e. The molecule has 14 heavy (non-hydrogen) atoms. The van der Waals surface area contributed by atoms with Gasteiger partial charge < -0.3 is 10.6 Å². The molecule has 0 atom stereocenters. The Balaban J connectivity index is 2.30. The summed E-state index contributed by atoms with van der Waals surface area (Å²) in [5, 5.41) is 8.97. The lowest BCUT2D eigenvalue weighted by Gasteiger charge is -2.39. The Labute approximate surface area is 83.7 Å². The van der Waals surface area contributed by atoms with Crippen molar-refractivity contribution in [3.8, 4) is 6.07 Å². The maximum Gasteiger partial charge on any atom is 0.101 e. The van der Waals surface area contributed by atoms with E-state index in [4.69, 9.17) is 11.0 Å². The SMILES string of the molecule is Cc1ccc(N2CC(N)C2)c(C#N)c1. The van der Waals surface area contributed by atoms with E-state index in [0.29, 0.717) is 0 Å². The van der Waals surface area contributed by atoms with Gasteiger partial charge in [-0.25, -0.2) is 0 Å². The highest BCUT2D eigenvalue weighted by Gasteiger charge is 2.24. The van der Waals surface area contributed by atoms with Crippen LogP contribution < -0.4 is 10.6 Å². The van der Waals surface area contributed by atoms with Gasteiger partial charge in [0.2, 0.25) is 0 Å². The van der Waals surface area contributed by atoms with Crippen molar-refractivity contribution in [2.45, 2.75) is 13.0 Å². The van der Waals surface area contributed by atoms with E-state index in [1.165, 1.54) is 0 Å². The maximum atomic E-state index is 8.97. The number of nitrogens with zero attached hydrogens (tertiary/aromatic N) is 2. The van der Waals surface area contributed by atoms with E-state index < -0.39 is 0 Å². The average Bonchev–Trinajstić information content (AvgIpc) is 2.13. The van der Waals surface area contributed by atoms with Crippen molar-refractivity contribution in [1.29, 1.82) is 5.26 Å². The standard InChI is InChI=1S/C11H13N3/c1-8-2-3-11(9(4-8)5-12)14-6-10(13)7-14/h2-4,10H,6-7,13H2,1H3. The van der Waals surface area contributed by atoms with Gasteiger partial charge in [0.15, 0.2) is 0 Å². The Bertz CT molecular complexity index is 386. The molecule has 0 bridgehead atoms. The Morgan fingerprint density at radius 3 is 2.79 bits per heavy atom. The normalized spacial score (nSPS) is 16.2. The van der Waals surface area contributed by atoms with Gasteiger partial charge in [0.05, 0.1) is 11.3 Å². The third-order valence-corrected chi connectivity index (χ3v) is 2.52. The van der Waals surface area contributed by atoms with Crippen molar-refractivity contribution in [3.05, 3.63) is 29.3 Å². The summed E-state index contributed by atoms with van der Waals surface area (Å²) >= 11 is 0. The molecular formula is C11H13N3. The number of nitrogens with two attached hydrogens (primary N) is 1. The lowest BCUT2D eigenvalue weighted by Crippen LogP contribution is -2.56. The highest BCUT2D eigenvalue weighted by atomic mass is 15.2. The summed E-state index contributed by atoms with van der Waals surface area (Å²) in [4.78, 5) is 2.14. The number of rotatable bonds is 1. The van der Waals surface area contributed by atoms with E-state index in [-0.39, 0.29) is 6.04 Å². The van der Waals surface area contributed by atoms with Crippen LogP contribution in [0, 0.1) is 18.3 Å². The van der Waals surface area contributed by atoms with Crippen LogP contribution in [0.4, 0.5) is 5.69 Å². The van der Waals surface area contributed by atoms with E-state index in [1.807, 2.05) is 25.1 Å². The van der Waals surface area contributed by atoms with Crippen molar-refractivity contribution in [2.24, 2.45) is 5.73 Å². The zero-order valence-corrected chi connectivity index (χ0v) is 8.20. The molecule has 2 rings (SSSR count). The summed E-state index contributed by atoms with van der Waals surface area (Å²) in [7, 11) is 0. The van der Waals surface area contributed by atoms with Crippen LogP contribution in [0.2, 0.25) is 0 Å². The first-order valence-corrected chi connectivity index (χ1v) is 4.72. The summed E-state index contributed by atoms with van der Waals surface area (Å²) in [6.07, 6.45) is 0. The van der Waals surface area contributed by atoms with Crippen molar-refractivity contribution in [3.63, 3.8) is 0 Å². The fraction of sp³-hybridized carbons (Fsp3) is 0.364. The Hall–Kier alpha value is -1.53. The van der Waals surface area contributed by atoms with Gasteiger partial charge in [-0.15, -0.1) is 0 Å². The lowest BCUT2D eigenvalue weighted by atomic mass is 10.0. The fourth-order valence-corrected chi connectivity index (χ4v) is 1.72. The summed E-state index contributed by atoms with van der Waals surface area (Å²) in [6.45, 7) is 3.71. The molecule has 1 fully saturated rings. The first-order valence-electron chi connectivity index (χ1n) is 4.72. The fourth-order valence-electron chi connectivity index (χ4n) is 1.72. The van der Waals surface area contributed by atoms with Crippen molar-refractivity contribution in [1.82, 2.24) is 0 Å². The van der Waals surface area contributed by atoms with Crippen LogP contribution in [0.25, 0.3) is 0 Å². The van der Waals surface area contributed by atoms with Gasteiger partial charge in [-0.3, -0.25) is 0 Å². The van der Waals surface area contributed by atoms with Crippen LogP contribution in [0.5, 0.6) is 0 Å². The molecule has 3 heteroatoms. The summed E-state index contributed by atoms with van der Waals surface area (Å²) in [6, 6.07) is 8.43. The van der Waals surface area contributed by atoms with Gasteiger partial charge in [-0.2, -0.15) is 5.26 Å². The Kier molecular flexibility index (Phi) is 2.14. The Morgan fingerprint density at radius 2 is 2.21 bits per heavy atom. The van der Waals surface area contributed by atoms with E-state index in [0.717, 1.165) is 29.9 Å². The molecule has 2 N–H and O–H groups in total. The number of anilines is 1. The lowest BCUT2D eigenvalue weighted by molar-refractivity contribution is 0.519. The summed E-state index contributed by atoms with van der Waals surface area (Å²) < 4.78 is 0. The zero-order chi connectivity index (χ0) is 10.1. The summed E-state index contributed by atoms with van der Waals surface area (Å²) in [5.41, 5.74) is 8.58. The van der Waals surface area contributed by atoms with Crippen molar-refractivity contribution in [2.75, 3.05) is 18.0 Å². The second-order valence-corrected chi connectivity index (χ2v) is 3.80. The molecule has 0 aromatic heterocycles. The predicted octanol–water partition coefficient (Wildman–Crippen LogP) is 1.01. The number of hydrogen-bond donors (Lipinski definition) is 1. The van der Waals surface area contributed by atoms with E-state index in [2.05, 4.69) is 11.0 Å². The molecule has 0 saturated carbocycles. The topological polar surface area (TPSA) is 53.0 Å². The van der Waals surface area contributed by atoms with E-state index >= 15 is 0 Å². The van der Waals surface area contributed by atoms with Gasteiger partial charge in [-0.05, 0) is 24.6 Å². The van der Waals surface area contributed by atoms with Crippen LogP contribution >= 0.6 is 0 Å². The molecule has 1 aromatic carbocycles. The predicted molar refractivity (Wildman–Crippen MR) is 56.1 cm³/mol. The monoisotopic (exact) mass is 187 g/mol. The maximum absolute atomic E-state index is 8.97. The molecule has 0 amide bonds.